The van der Waals surface area contributed by atoms with Gasteiger partial charge in [0.1, 0.15) is 5.82 Å². The minimum Gasteiger partial charge on any atom is -0.352 e. The highest BCUT2D eigenvalue weighted by Crippen LogP contribution is 2.21. The maximum atomic E-state index is 13.5. The molecule has 0 atom stereocenters. The lowest BCUT2D eigenvalue weighted by Crippen LogP contribution is -2.38. The first kappa shape index (κ1) is 18.1. The quantitative estimate of drug-likeness (QED) is 0.917. The molecule has 1 aromatic carbocycles. The van der Waals surface area contributed by atoms with Gasteiger partial charge in [-0.25, -0.2) is 4.39 Å². The maximum Gasteiger partial charge on any atom is 0.252 e. The second kappa shape index (κ2) is 8.06. The number of nitrogens with one attached hydrogen (secondary N) is 1. The molecule has 24 heavy (non-hydrogen) atoms. The van der Waals surface area contributed by atoms with Crippen LogP contribution >= 0.6 is 0 Å². The van der Waals surface area contributed by atoms with Crippen LogP contribution in [0.2, 0.25) is 0 Å². The molecule has 1 heterocycles. The second-order valence-corrected chi connectivity index (χ2v) is 6.27. The van der Waals surface area contributed by atoms with Crippen molar-refractivity contribution in [1.29, 1.82) is 0 Å². The third-order valence-corrected chi connectivity index (χ3v) is 4.00. The van der Waals surface area contributed by atoms with Crippen LogP contribution in [0.1, 0.15) is 28.8 Å². The van der Waals surface area contributed by atoms with E-state index in [4.69, 9.17) is 0 Å². The largest absolute Gasteiger partial charge is 0.352 e. The van der Waals surface area contributed by atoms with Crippen molar-refractivity contribution in [2.75, 3.05) is 40.3 Å². The van der Waals surface area contributed by atoms with Crippen molar-refractivity contribution < 1.29 is 14.0 Å². The monoisotopic (exact) mass is 333 g/mol. The van der Waals surface area contributed by atoms with Crippen LogP contribution in [0, 0.1) is 5.82 Å². The summed E-state index contributed by atoms with van der Waals surface area (Å²) in [7, 11) is 3.85. The molecule has 5 nitrogen and oxygen atoms in total. The Balaban J connectivity index is 2.23. The normalized spacial score (nSPS) is 15.9. The van der Waals surface area contributed by atoms with Gasteiger partial charge in [0.2, 0.25) is 5.91 Å². The zero-order chi connectivity index (χ0) is 17.7. The van der Waals surface area contributed by atoms with E-state index < -0.39 is 5.82 Å². The first-order valence-electron chi connectivity index (χ1n) is 8.07. The fraction of sp³-hybridized carbons (Fsp3) is 0.444. The average Bonchev–Trinajstić information content (AvgIpc) is 2.54. The summed E-state index contributed by atoms with van der Waals surface area (Å²) in [6.07, 6.45) is 1.08. The zero-order valence-electron chi connectivity index (χ0n) is 14.3. The van der Waals surface area contributed by atoms with Crippen molar-refractivity contribution in [2.45, 2.75) is 12.8 Å². The van der Waals surface area contributed by atoms with E-state index in [9.17, 15) is 14.0 Å². The summed E-state index contributed by atoms with van der Waals surface area (Å²) in [6.45, 7) is 6.04. The first-order valence-corrected chi connectivity index (χ1v) is 8.07. The van der Waals surface area contributed by atoms with Crippen molar-refractivity contribution in [3.63, 3.8) is 0 Å². The number of amides is 2. The number of benzene rings is 1. The Morgan fingerprint density at radius 2 is 2.12 bits per heavy atom. The van der Waals surface area contributed by atoms with Crippen LogP contribution in [0.5, 0.6) is 0 Å². The van der Waals surface area contributed by atoms with E-state index in [0.29, 0.717) is 50.2 Å². The van der Waals surface area contributed by atoms with Crippen molar-refractivity contribution >= 4 is 17.4 Å². The molecule has 0 saturated heterocycles. The van der Waals surface area contributed by atoms with Gasteiger partial charge < -0.3 is 15.1 Å². The highest BCUT2D eigenvalue weighted by Gasteiger charge is 2.20. The molecule has 6 heteroatoms. The molecule has 130 valence electrons. The number of hydrogen-bond acceptors (Lipinski definition) is 3. The van der Waals surface area contributed by atoms with E-state index in [-0.39, 0.29) is 17.4 Å². The number of carbonyl (C=O) groups is 2. The van der Waals surface area contributed by atoms with Gasteiger partial charge in [-0.3, -0.25) is 9.59 Å². The number of rotatable bonds is 3. The molecule has 1 aliphatic heterocycles. The summed E-state index contributed by atoms with van der Waals surface area (Å²) in [5.74, 6) is -0.717. The van der Waals surface area contributed by atoms with Crippen molar-refractivity contribution in [3.05, 3.63) is 41.7 Å². The highest BCUT2D eigenvalue weighted by atomic mass is 19.1. The van der Waals surface area contributed by atoms with Gasteiger partial charge in [-0.15, -0.1) is 0 Å². The summed E-state index contributed by atoms with van der Waals surface area (Å²) in [5.41, 5.74) is 1.49. The lowest BCUT2D eigenvalue weighted by Gasteiger charge is -2.26. The van der Waals surface area contributed by atoms with Crippen LogP contribution in [-0.4, -0.2) is 61.9 Å². The summed E-state index contributed by atoms with van der Waals surface area (Å²) in [5, 5.41) is 2.77. The van der Waals surface area contributed by atoms with Gasteiger partial charge in [-0.2, -0.15) is 0 Å². The number of carbonyl (C=O) groups excluding carboxylic acids is 2. The van der Waals surface area contributed by atoms with Crippen LogP contribution in [0.25, 0.3) is 5.57 Å². The van der Waals surface area contributed by atoms with Crippen LogP contribution in [0.4, 0.5) is 4.39 Å². The van der Waals surface area contributed by atoms with E-state index in [1.165, 1.54) is 12.1 Å². The Kier molecular flexibility index (Phi) is 6.09. The van der Waals surface area contributed by atoms with Crippen molar-refractivity contribution in [3.8, 4) is 0 Å². The number of hydrogen-bond donors (Lipinski definition) is 1. The molecule has 0 saturated carbocycles. The second-order valence-electron chi connectivity index (χ2n) is 6.27. The Morgan fingerprint density at radius 3 is 2.83 bits per heavy atom. The Hall–Kier alpha value is -2.21. The predicted molar refractivity (Wildman–Crippen MR) is 92.1 cm³/mol. The van der Waals surface area contributed by atoms with Gasteiger partial charge in [0.15, 0.2) is 0 Å². The molecule has 2 amide bonds. The van der Waals surface area contributed by atoms with E-state index >= 15 is 0 Å². The molecule has 0 bridgehead atoms. The number of halogens is 1. The molecule has 0 radical (unpaired) electrons. The van der Waals surface area contributed by atoms with E-state index in [0.717, 1.165) is 0 Å². The SMILES string of the molecule is C=C1CN(C(=O)CCN(C)C)CCCNC(=O)c2cc(F)ccc21. The Morgan fingerprint density at radius 1 is 1.38 bits per heavy atom. The maximum absolute atomic E-state index is 13.5. The summed E-state index contributed by atoms with van der Waals surface area (Å²) in [6, 6.07) is 4.08. The number of nitrogens with zero attached hydrogens (tertiary/aromatic N) is 2. The van der Waals surface area contributed by atoms with Crippen LogP contribution in [-0.2, 0) is 4.79 Å². The molecular weight excluding hydrogens is 309 g/mol. The van der Waals surface area contributed by atoms with E-state index in [2.05, 4.69) is 11.9 Å². The van der Waals surface area contributed by atoms with Crippen molar-refractivity contribution in [2.24, 2.45) is 0 Å². The van der Waals surface area contributed by atoms with Gasteiger partial charge in [0.05, 0.1) is 0 Å². The fourth-order valence-electron chi connectivity index (χ4n) is 2.66. The summed E-state index contributed by atoms with van der Waals surface area (Å²) >= 11 is 0. The van der Waals surface area contributed by atoms with Crippen LogP contribution < -0.4 is 5.32 Å². The molecule has 0 aliphatic carbocycles. The first-order chi connectivity index (χ1) is 11.4. The average molecular weight is 333 g/mol. The standard InChI is InChI=1S/C18H24FN3O2/c1-13-12-22(17(23)7-10-21(2)3)9-4-8-20-18(24)16-11-14(19)5-6-15(13)16/h5-6,11H,1,4,7-10,12H2,2-3H3,(H,20,24). The molecule has 0 spiro atoms. The highest BCUT2D eigenvalue weighted by molar-refractivity contribution is 5.99. The van der Waals surface area contributed by atoms with Crippen LogP contribution in [0.15, 0.2) is 24.8 Å². The molecule has 0 unspecified atom stereocenters. The summed E-state index contributed by atoms with van der Waals surface area (Å²) < 4.78 is 13.5. The minimum absolute atomic E-state index is 0.0559. The van der Waals surface area contributed by atoms with Crippen molar-refractivity contribution in [1.82, 2.24) is 15.1 Å². The zero-order valence-corrected chi connectivity index (χ0v) is 14.3. The summed E-state index contributed by atoms with van der Waals surface area (Å²) in [4.78, 5) is 28.4. The number of fused-ring (bicyclic) bond motifs is 1. The van der Waals surface area contributed by atoms with Gasteiger partial charge in [-0.1, -0.05) is 12.6 Å². The molecule has 1 N–H and O–H groups in total. The topological polar surface area (TPSA) is 52.7 Å². The van der Waals surface area contributed by atoms with Crippen LogP contribution in [0.3, 0.4) is 0 Å². The molecule has 2 rings (SSSR count). The lowest BCUT2D eigenvalue weighted by molar-refractivity contribution is -0.130. The van der Waals surface area contributed by atoms with E-state index in [1.54, 1.807) is 11.0 Å². The van der Waals surface area contributed by atoms with Gasteiger partial charge in [0, 0.05) is 38.2 Å². The third kappa shape index (κ3) is 4.64. The minimum atomic E-state index is -0.465. The Bertz CT molecular complexity index is 643. The molecule has 1 aromatic rings. The van der Waals surface area contributed by atoms with Gasteiger partial charge >= 0.3 is 0 Å². The molecule has 1 aliphatic rings. The lowest BCUT2D eigenvalue weighted by atomic mass is 9.98. The van der Waals surface area contributed by atoms with Gasteiger partial charge in [-0.05, 0) is 43.8 Å². The third-order valence-electron chi connectivity index (χ3n) is 4.00. The predicted octanol–water partition coefficient (Wildman–Crippen LogP) is 1.75. The molecule has 0 fully saturated rings. The van der Waals surface area contributed by atoms with E-state index in [1.807, 2.05) is 19.0 Å². The smallest absolute Gasteiger partial charge is 0.252 e. The fourth-order valence-corrected chi connectivity index (χ4v) is 2.66. The molecule has 0 aromatic heterocycles. The molecular formula is C18H24FN3O2. The Labute approximate surface area is 142 Å². The van der Waals surface area contributed by atoms with Gasteiger partial charge in [0.25, 0.3) is 5.91 Å².